The largest absolute Gasteiger partial charge is 0.454 e. The average molecular weight is 342 g/mol. The van der Waals surface area contributed by atoms with Gasteiger partial charge in [-0.15, -0.1) is 0 Å². The Labute approximate surface area is 143 Å². The lowest BCUT2D eigenvalue weighted by Crippen LogP contribution is -2.16. The van der Waals surface area contributed by atoms with Crippen LogP contribution in [0.1, 0.15) is 57.9 Å². The molecule has 5 heteroatoms. The van der Waals surface area contributed by atoms with E-state index in [0.29, 0.717) is 6.79 Å². The molecule has 0 fully saturated rings. The van der Waals surface area contributed by atoms with E-state index < -0.39 is 10.8 Å². The first-order valence-corrected chi connectivity index (χ1v) is 9.84. The molecule has 1 heterocycles. The zero-order valence-electron chi connectivity index (χ0n) is 14.5. The van der Waals surface area contributed by atoms with Crippen LogP contribution in [-0.2, 0) is 17.2 Å². The van der Waals surface area contributed by atoms with E-state index in [1.54, 1.807) is 0 Å². The molecule has 0 saturated heterocycles. The van der Waals surface area contributed by atoms with E-state index >= 15 is 0 Å². The Hall–Kier alpha value is -1.07. The fraction of sp³-hybridized carbons (Fsp3) is 0.667. The zero-order chi connectivity index (χ0) is 15.8. The lowest BCUT2D eigenvalue weighted by Gasteiger charge is -2.12. The van der Waals surface area contributed by atoms with E-state index in [-0.39, 0.29) is 11.4 Å². The van der Waals surface area contributed by atoms with Crippen LogP contribution in [0, 0.1) is 0 Å². The van der Waals surface area contributed by atoms with Crippen molar-refractivity contribution in [3.63, 3.8) is 0 Å². The number of benzene rings is 1. The van der Waals surface area contributed by atoms with Gasteiger partial charge in [0.2, 0.25) is 6.79 Å². The molecule has 0 aliphatic carbocycles. The van der Waals surface area contributed by atoms with Crippen molar-refractivity contribution in [3.8, 4) is 11.5 Å². The fourth-order valence-electron chi connectivity index (χ4n) is 2.72. The first-order valence-electron chi connectivity index (χ1n) is 8.46. The van der Waals surface area contributed by atoms with Gasteiger partial charge in [0.15, 0.2) is 11.5 Å². The second kappa shape index (κ2) is 10.7. The van der Waals surface area contributed by atoms with Crippen molar-refractivity contribution in [2.24, 2.45) is 0 Å². The summed E-state index contributed by atoms with van der Waals surface area (Å²) in [6.07, 6.45) is 8.32. The van der Waals surface area contributed by atoms with Crippen molar-refractivity contribution in [1.29, 1.82) is 0 Å². The lowest BCUT2D eigenvalue weighted by atomic mass is 10.1. The van der Waals surface area contributed by atoms with Crippen LogP contribution in [0.2, 0.25) is 0 Å². The summed E-state index contributed by atoms with van der Waals surface area (Å²) in [6, 6.07) is 6.01. The van der Waals surface area contributed by atoms with Gasteiger partial charge in [0.1, 0.15) is 0 Å². The van der Waals surface area contributed by atoms with Gasteiger partial charge in [0, 0.05) is 21.8 Å². The SMILES string of the molecule is CCCCCCCCS(=O)C(C)Cc1ccc2c(c1)OCO2.N. The quantitative estimate of drug-likeness (QED) is 0.630. The van der Waals surface area contributed by atoms with Crippen LogP contribution < -0.4 is 15.6 Å². The third-order valence-corrected chi connectivity index (χ3v) is 5.86. The third kappa shape index (κ3) is 6.51. The molecule has 2 rings (SSSR count). The van der Waals surface area contributed by atoms with Crippen LogP contribution >= 0.6 is 0 Å². The van der Waals surface area contributed by atoms with Crippen LogP contribution in [0.4, 0.5) is 0 Å². The standard InChI is InChI=1S/C18H28O3S.H3N/c1-3-4-5-6-7-8-11-22(19)15(2)12-16-9-10-17-18(13-16)21-14-20-17;/h9-10,13,15H,3-8,11-12,14H2,1-2H3;1H3. The monoisotopic (exact) mass is 341 g/mol. The summed E-state index contributed by atoms with van der Waals surface area (Å²) in [7, 11) is -0.743. The minimum atomic E-state index is -0.743. The number of fused-ring (bicyclic) bond motifs is 1. The van der Waals surface area contributed by atoms with E-state index in [1.165, 1.54) is 37.7 Å². The third-order valence-electron chi connectivity index (χ3n) is 4.11. The van der Waals surface area contributed by atoms with E-state index in [4.69, 9.17) is 9.47 Å². The molecule has 3 N–H and O–H groups in total. The molecule has 23 heavy (non-hydrogen) atoms. The van der Waals surface area contributed by atoms with Crippen molar-refractivity contribution >= 4 is 10.8 Å². The van der Waals surface area contributed by atoms with Gasteiger partial charge in [-0.05, 0) is 30.5 Å². The van der Waals surface area contributed by atoms with Gasteiger partial charge in [-0.3, -0.25) is 4.21 Å². The first kappa shape index (κ1) is 20.0. The second-order valence-electron chi connectivity index (χ2n) is 6.05. The molecular formula is C18H31NO3S. The second-order valence-corrected chi connectivity index (χ2v) is 8.03. The molecule has 2 unspecified atom stereocenters. The van der Waals surface area contributed by atoms with Gasteiger partial charge in [0.25, 0.3) is 0 Å². The number of hydrogen-bond acceptors (Lipinski definition) is 4. The number of unbranched alkanes of at least 4 members (excludes halogenated alkanes) is 5. The van der Waals surface area contributed by atoms with Crippen LogP contribution in [0.15, 0.2) is 18.2 Å². The van der Waals surface area contributed by atoms with Gasteiger partial charge in [-0.1, -0.05) is 52.0 Å². The topological polar surface area (TPSA) is 70.5 Å². The molecule has 0 amide bonds. The molecule has 1 aromatic carbocycles. The summed E-state index contributed by atoms with van der Waals surface area (Å²) >= 11 is 0. The van der Waals surface area contributed by atoms with Gasteiger partial charge >= 0.3 is 0 Å². The molecular weight excluding hydrogens is 310 g/mol. The van der Waals surface area contributed by atoms with Crippen LogP contribution in [-0.4, -0.2) is 22.0 Å². The summed E-state index contributed by atoms with van der Waals surface area (Å²) in [5, 5.41) is 0.191. The van der Waals surface area contributed by atoms with Crippen molar-refractivity contribution < 1.29 is 13.7 Å². The van der Waals surface area contributed by atoms with Crippen molar-refractivity contribution in [3.05, 3.63) is 23.8 Å². The predicted octanol–water partition coefficient (Wildman–Crippen LogP) is 4.62. The smallest absolute Gasteiger partial charge is 0.231 e. The normalized spacial score (nSPS) is 15.0. The number of hydrogen-bond donors (Lipinski definition) is 1. The molecule has 0 spiro atoms. The Morgan fingerprint density at radius 1 is 1.09 bits per heavy atom. The maximum absolute atomic E-state index is 12.3. The lowest BCUT2D eigenvalue weighted by molar-refractivity contribution is 0.174. The summed E-state index contributed by atoms with van der Waals surface area (Å²) in [4.78, 5) is 0. The molecule has 0 saturated carbocycles. The van der Waals surface area contributed by atoms with Crippen LogP contribution in [0.3, 0.4) is 0 Å². The summed E-state index contributed by atoms with van der Waals surface area (Å²) in [6.45, 7) is 4.61. The Morgan fingerprint density at radius 2 is 1.78 bits per heavy atom. The molecule has 0 radical (unpaired) electrons. The molecule has 0 bridgehead atoms. The van der Waals surface area contributed by atoms with Crippen LogP contribution in [0.25, 0.3) is 0 Å². The summed E-state index contributed by atoms with van der Waals surface area (Å²) < 4.78 is 23.0. The summed E-state index contributed by atoms with van der Waals surface area (Å²) in [5.74, 6) is 2.45. The Balaban J connectivity index is 0.00000264. The minimum absolute atomic E-state index is 0. The van der Waals surface area contributed by atoms with Gasteiger partial charge in [-0.25, -0.2) is 0 Å². The summed E-state index contributed by atoms with van der Waals surface area (Å²) in [5.41, 5.74) is 1.17. The molecule has 1 aliphatic heterocycles. The molecule has 1 aromatic rings. The zero-order valence-corrected chi connectivity index (χ0v) is 15.3. The van der Waals surface area contributed by atoms with Crippen molar-refractivity contribution in [2.45, 2.75) is 64.0 Å². The number of ether oxygens (including phenoxy) is 2. The van der Waals surface area contributed by atoms with Gasteiger partial charge in [-0.2, -0.15) is 0 Å². The maximum atomic E-state index is 12.3. The highest BCUT2D eigenvalue weighted by atomic mass is 32.2. The highest BCUT2D eigenvalue weighted by Crippen LogP contribution is 2.33. The van der Waals surface area contributed by atoms with Gasteiger partial charge in [0.05, 0.1) is 0 Å². The minimum Gasteiger partial charge on any atom is -0.454 e. The molecule has 0 aromatic heterocycles. The predicted molar refractivity (Wildman–Crippen MR) is 97.1 cm³/mol. The van der Waals surface area contributed by atoms with E-state index in [0.717, 1.165) is 30.1 Å². The van der Waals surface area contributed by atoms with Gasteiger partial charge < -0.3 is 15.6 Å². The van der Waals surface area contributed by atoms with Crippen molar-refractivity contribution in [1.82, 2.24) is 6.15 Å². The van der Waals surface area contributed by atoms with E-state index in [9.17, 15) is 4.21 Å². The molecule has 4 nitrogen and oxygen atoms in total. The Morgan fingerprint density at radius 3 is 2.57 bits per heavy atom. The highest BCUT2D eigenvalue weighted by molar-refractivity contribution is 7.85. The fourth-order valence-corrected chi connectivity index (χ4v) is 3.99. The average Bonchev–Trinajstić information content (AvgIpc) is 2.98. The number of rotatable bonds is 10. The highest BCUT2D eigenvalue weighted by Gasteiger charge is 2.16. The molecule has 1 aliphatic rings. The Kier molecular flexibility index (Phi) is 9.26. The first-order chi connectivity index (χ1) is 10.7. The Bertz CT molecular complexity index is 493. The van der Waals surface area contributed by atoms with E-state index in [2.05, 4.69) is 13.8 Å². The van der Waals surface area contributed by atoms with Crippen LogP contribution in [0.5, 0.6) is 11.5 Å². The van der Waals surface area contributed by atoms with Crippen molar-refractivity contribution in [2.75, 3.05) is 12.5 Å². The van der Waals surface area contributed by atoms with E-state index in [1.807, 2.05) is 18.2 Å². The maximum Gasteiger partial charge on any atom is 0.231 e. The molecule has 2 atom stereocenters. The molecule has 132 valence electrons.